The van der Waals surface area contributed by atoms with Crippen molar-refractivity contribution in [3.8, 4) is 5.75 Å². The van der Waals surface area contributed by atoms with Crippen LogP contribution in [0.4, 0.5) is 16.2 Å². The maximum atomic E-state index is 14.3. The number of aliphatic hydroxyl groups is 1. The van der Waals surface area contributed by atoms with E-state index in [2.05, 4.69) is 21.2 Å². The Morgan fingerprint density at radius 1 is 0.988 bits per heavy atom. The van der Waals surface area contributed by atoms with E-state index in [0.717, 1.165) is 28.2 Å². The molecular formula is C56H65ClN6O16S. The molecule has 4 aliphatic rings. The van der Waals surface area contributed by atoms with Crippen LogP contribution < -0.4 is 25.7 Å². The number of unbranched alkanes of at least 4 members (excludes halogenated alkanes) is 2. The van der Waals surface area contributed by atoms with E-state index in [1.165, 1.54) is 37.3 Å². The number of amides is 6. The summed E-state index contributed by atoms with van der Waals surface area (Å²) in [5, 5.41) is 21.2. The van der Waals surface area contributed by atoms with E-state index in [4.69, 9.17) is 35.3 Å². The number of fused-ring (bicyclic) bond motifs is 5. The normalized spacial score (nSPS) is 25.4. The number of hydrogen-bond acceptors (Lipinski definition) is 16. The van der Waals surface area contributed by atoms with Gasteiger partial charge in [-0.25, -0.2) is 10.2 Å². The number of nitrogens with zero attached hydrogens (tertiary/aromatic N) is 3. The lowest BCUT2D eigenvalue weighted by Gasteiger charge is -2.42. The number of epoxide rings is 1. The van der Waals surface area contributed by atoms with Crippen molar-refractivity contribution < 1.29 is 75.3 Å². The van der Waals surface area contributed by atoms with Gasteiger partial charge in [0.15, 0.2) is 5.72 Å². The fraction of sp³-hybridized carbons (Fsp3) is 0.429. The third-order valence-electron chi connectivity index (χ3n) is 14.5. The Balaban J connectivity index is 0.997. The molecule has 0 aliphatic carbocycles. The van der Waals surface area contributed by atoms with E-state index in [1.54, 1.807) is 76.4 Å². The van der Waals surface area contributed by atoms with Crippen molar-refractivity contribution in [2.24, 2.45) is 11.0 Å². The van der Waals surface area contributed by atoms with E-state index < -0.39 is 104 Å². The number of imide groups is 1. The third kappa shape index (κ3) is 14.5. The van der Waals surface area contributed by atoms with Gasteiger partial charge in [0.1, 0.15) is 39.6 Å². The van der Waals surface area contributed by atoms with Crippen molar-refractivity contribution in [2.45, 2.75) is 126 Å². The average Bonchev–Trinajstić information content (AvgIpc) is 4.08. The Bertz CT molecular complexity index is 3150. The first-order valence-electron chi connectivity index (χ1n) is 25.8. The molecule has 4 bridgehead atoms. The summed E-state index contributed by atoms with van der Waals surface area (Å²) >= 11 is 6.81. The molecule has 0 unspecified atom stereocenters. The monoisotopic (exact) mass is 1140 g/mol. The second-order valence-corrected chi connectivity index (χ2v) is 22.1. The highest BCUT2D eigenvalue weighted by atomic mass is 35.5. The number of nitrogens with one attached hydrogen (secondary N) is 3. The van der Waals surface area contributed by atoms with Crippen LogP contribution in [0.5, 0.6) is 5.75 Å². The van der Waals surface area contributed by atoms with Gasteiger partial charge in [0.05, 0.1) is 36.6 Å². The Hall–Kier alpha value is -7.28. The Morgan fingerprint density at radius 3 is 2.38 bits per heavy atom. The molecule has 24 heteroatoms. The lowest BCUT2D eigenvalue weighted by atomic mass is 9.83. The molecule has 4 heterocycles. The van der Waals surface area contributed by atoms with Gasteiger partial charge < -0.3 is 39.0 Å². The number of rotatable bonds is 17. The van der Waals surface area contributed by atoms with E-state index in [0.29, 0.717) is 54.0 Å². The van der Waals surface area contributed by atoms with Gasteiger partial charge in [0, 0.05) is 63.7 Å². The van der Waals surface area contributed by atoms with Crippen LogP contribution >= 0.6 is 11.6 Å². The van der Waals surface area contributed by atoms with E-state index >= 15 is 0 Å². The third-order valence-corrected chi connectivity index (χ3v) is 15.8. The number of allylic oxidation sites excluding steroid dienone is 3. The summed E-state index contributed by atoms with van der Waals surface area (Å²) in [6.07, 6.45) is 4.53. The summed E-state index contributed by atoms with van der Waals surface area (Å²) in [4.78, 5) is 92.2. The summed E-state index contributed by atoms with van der Waals surface area (Å²) in [7, 11) is -0.525. The fourth-order valence-corrected chi connectivity index (χ4v) is 10.9. The first kappa shape index (κ1) is 60.4. The van der Waals surface area contributed by atoms with Gasteiger partial charge in [-0.1, -0.05) is 73.0 Å². The molecule has 3 aromatic rings. The van der Waals surface area contributed by atoms with Crippen LogP contribution in [0.15, 0.2) is 101 Å². The average molecular weight is 1150 g/mol. The summed E-state index contributed by atoms with van der Waals surface area (Å²) < 4.78 is 64.2. The van der Waals surface area contributed by atoms with Crippen LogP contribution in [0.3, 0.4) is 0 Å². The second-order valence-electron chi connectivity index (χ2n) is 20.3. The van der Waals surface area contributed by atoms with Gasteiger partial charge in [-0.15, -0.1) is 0 Å². The molecule has 80 heavy (non-hydrogen) atoms. The summed E-state index contributed by atoms with van der Waals surface area (Å²) in [6.45, 7) is 7.20. The number of anilines is 2. The summed E-state index contributed by atoms with van der Waals surface area (Å²) in [5.41, 5.74) is 2.34. The van der Waals surface area contributed by atoms with Crippen molar-refractivity contribution >= 4 is 80.4 Å². The van der Waals surface area contributed by atoms with Crippen LogP contribution in [0.1, 0.15) is 99.7 Å². The molecule has 0 spiro atoms. The summed E-state index contributed by atoms with van der Waals surface area (Å²) in [6, 6.07) is 13.8. The highest BCUT2D eigenvalue weighted by Gasteiger charge is 2.64. The van der Waals surface area contributed by atoms with E-state index in [1.807, 2.05) is 13.0 Å². The Morgan fingerprint density at radius 2 is 1.70 bits per heavy atom. The number of carbonyl (C=O) groups excluding carboxylic acids is 7. The highest BCUT2D eigenvalue weighted by Crippen LogP contribution is 2.49. The zero-order valence-electron chi connectivity index (χ0n) is 45.3. The highest BCUT2D eigenvalue weighted by molar-refractivity contribution is 7.86. The molecule has 2 saturated heterocycles. The topological polar surface area (TPSA) is 298 Å². The number of benzene rings is 3. The zero-order valence-corrected chi connectivity index (χ0v) is 46.9. The van der Waals surface area contributed by atoms with Gasteiger partial charge in [-0.3, -0.25) is 43.5 Å². The van der Waals surface area contributed by atoms with Crippen molar-refractivity contribution in [3.05, 3.63) is 118 Å². The molecule has 0 aromatic heterocycles. The number of ether oxygens (including phenoxy) is 5. The van der Waals surface area contributed by atoms with Gasteiger partial charge in [0.25, 0.3) is 27.8 Å². The molecule has 0 radical (unpaired) electrons. The minimum absolute atomic E-state index is 0.00588. The first-order valence-corrected chi connectivity index (χ1v) is 27.6. The minimum atomic E-state index is -4.96. The van der Waals surface area contributed by atoms with Gasteiger partial charge in [-0.05, 0) is 93.5 Å². The number of alkyl carbamates (subject to hydrolysis) is 1. The molecule has 4 aliphatic heterocycles. The molecule has 3 aromatic carbocycles. The molecule has 428 valence electrons. The first-order chi connectivity index (χ1) is 37.8. The van der Waals surface area contributed by atoms with Crippen LogP contribution in [0, 0.1) is 5.92 Å². The smallest absolute Gasteiger partial charge is 0.409 e. The van der Waals surface area contributed by atoms with E-state index in [-0.39, 0.29) is 49.4 Å². The number of carbonyl (C=O) groups is 7. The zero-order chi connectivity index (χ0) is 58.3. The Labute approximate surface area is 468 Å². The van der Waals surface area contributed by atoms with Gasteiger partial charge in [-0.2, -0.15) is 13.5 Å². The molecule has 22 nitrogen and oxygen atoms in total. The number of hydrogen-bond donors (Lipinski definition) is 5. The van der Waals surface area contributed by atoms with Crippen LogP contribution in [0.25, 0.3) is 0 Å². The SMILES string of the molecule is COc1cc2cc(c1Cl)N(C)C(=O)C[C@H](OC(=O)CCc1ccc(/C(C)=N/NC(=O)c3ccc(NC(=O)CCCCCN4C(=O)C=CC4=O)cc3S(=O)(=O)O)cc1)[C@]1(C)O[C@H]1[C@H](C)[C@@H]1C[C@@](O)(NC(=O)O1)[C@H](OC)/C=C/C=C(\C)C2. The summed E-state index contributed by atoms with van der Waals surface area (Å²) in [5.74, 6) is -3.56. The molecule has 0 saturated carbocycles. The largest absolute Gasteiger partial charge is 0.495 e. The number of halogens is 1. The predicted molar refractivity (Wildman–Crippen MR) is 292 cm³/mol. The molecule has 5 N–H and O–H groups in total. The van der Waals surface area contributed by atoms with E-state index in [9.17, 15) is 51.6 Å². The predicted octanol–water partition coefficient (Wildman–Crippen LogP) is 6.13. The molecular weight excluding hydrogens is 1080 g/mol. The lowest BCUT2D eigenvalue weighted by Crippen LogP contribution is -2.63. The maximum absolute atomic E-state index is 14.3. The number of methoxy groups -OCH3 is 2. The van der Waals surface area contributed by atoms with Crippen molar-refractivity contribution in [3.63, 3.8) is 0 Å². The minimum Gasteiger partial charge on any atom is -0.495 e. The van der Waals surface area contributed by atoms with Crippen molar-refractivity contribution in [1.29, 1.82) is 0 Å². The number of hydrazone groups is 1. The van der Waals surface area contributed by atoms with Crippen LogP contribution in [0.2, 0.25) is 5.02 Å². The number of aryl methyl sites for hydroxylation is 1. The fourth-order valence-electron chi connectivity index (χ4n) is 9.85. The van der Waals surface area contributed by atoms with Gasteiger partial charge in [0.2, 0.25) is 11.8 Å². The molecule has 6 amide bonds. The van der Waals surface area contributed by atoms with Gasteiger partial charge >= 0.3 is 12.1 Å². The molecule has 7 rings (SSSR count). The van der Waals surface area contributed by atoms with Crippen LogP contribution in [-0.4, -0.2) is 134 Å². The van der Waals surface area contributed by atoms with Crippen molar-refractivity contribution in [1.82, 2.24) is 15.6 Å². The second kappa shape index (κ2) is 25.4. The Kier molecular flexibility index (Phi) is 19.2. The molecule has 2 fully saturated rings. The quantitative estimate of drug-likeness (QED) is 0.0193. The standard InChI is InChI=1S/C56H65ClN6O16S/c1-32-12-11-13-44(76-7)56(71)31-42(77-54(70)59-56)33(2)52-55(4,79-52)45(30-49(67)62(5)40-27-36(26-32)28-41(75-6)51(40)57)78-50(68)24-17-35-15-18-37(19-16-35)34(3)60-61-53(69)39-21-20-38(29-43(39)80(72,73)74)58-46(64)14-9-8-10-25-63-47(65)22-23-48(63)66/h11-13,15-16,18-23,27-29,33,42,44-45,52,71H,8-10,14,17,24-26,30-31H2,1-7H3,(H,58,64)(H,59,70)(H,61,69)(H,72,73,74)/b13-11+,32-12+,60-34+/t33-,42+,44-,45+,52+,55+,56+/m1/s1. The van der Waals surface area contributed by atoms with Crippen molar-refractivity contribution in [2.75, 3.05) is 38.0 Å². The maximum Gasteiger partial charge on any atom is 0.409 e. The molecule has 7 atom stereocenters. The number of esters is 1. The lowest BCUT2D eigenvalue weighted by molar-refractivity contribution is -0.154. The van der Waals surface area contributed by atoms with Crippen LogP contribution in [-0.2, 0) is 65.9 Å².